The Kier molecular flexibility index (Phi) is 5.28. The molecule has 8 heteroatoms. The summed E-state index contributed by atoms with van der Waals surface area (Å²) in [6.45, 7) is 5.72. The van der Waals surface area contributed by atoms with Gasteiger partial charge in [0.15, 0.2) is 6.79 Å². The summed E-state index contributed by atoms with van der Waals surface area (Å²) in [6.07, 6.45) is 1.82. The van der Waals surface area contributed by atoms with Crippen LogP contribution in [0.25, 0.3) is 0 Å². The van der Waals surface area contributed by atoms with Crippen molar-refractivity contribution in [3.05, 3.63) is 63.5 Å². The average molecular weight is 370 g/mol. The van der Waals surface area contributed by atoms with Gasteiger partial charge in [-0.15, -0.1) is 0 Å². The van der Waals surface area contributed by atoms with E-state index < -0.39 is 0 Å². The fraction of sp³-hybridized carbons (Fsp3) is 0.421. The first kappa shape index (κ1) is 17.8. The maximum Gasteiger partial charge on any atom is 0.270 e. The Labute approximate surface area is 157 Å². The summed E-state index contributed by atoms with van der Waals surface area (Å²) in [5, 5.41) is 11.2. The predicted octanol–water partition coefficient (Wildman–Crippen LogP) is 2.17. The van der Waals surface area contributed by atoms with Gasteiger partial charge in [0.1, 0.15) is 5.75 Å². The molecule has 1 aromatic carbocycles. The summed E-state index contributed by atoms with van der Waals surface area (Å²) in [7, 11) is 0. The van der Waals surface area contributed by atoms with Gasteiger partial charge in [0.25, 0.3) is 5.69 Å². The molecule has 0 spiro atoms. The topological polar surface area (TPSA) is 81.0 Å². The van der Waals surface area contributed by atoms with Gasteiger partial charge < -0.3 is 9.47 Å². The molecule has 0 saturated carbocycles. The van der Waals surface area contributed by atoms with Gasteiger partial charge in [-0.1, -0.05) is 6.07 Å². The van der Waals surface area contributed by atoms with Gasteiger partial charge in [0, 0.05) is 68.7 Å². The minimum Gasteiger partial charge on any atom is -0.467 e. The third-order valence-electron chi connectivity index (χ3n) is 4.95. The molecule has 0 bridgehead atoms. The molecule has 0 amide bonds. The lowest BCUT2D eigenvalue weighted by atomic mass is 10.1. The van der Waals surface area contributed by atoms with Crippen LogP contribution in [0.4, 0.5) is 5.69 Å². The second kappa shape index (κ2) is 7.99. The number of rotatable bonds is 5. The van der Waals surface area contributed by atoms with Crippen LogP contribution in [-0.4, -0.2) is 52.7 Å². The zero-order valence-electron chi connectivity index (χ0n) is 15.0. The molecule has 2 aliphatic heterocycles. The molecule has 27 heavy (non-hydrogen) atoms. The molecule has 0 radical (unpaired) electrons. The predicted molar refractivity (Wildman–Crippen MR) is 98.2 cm³/mol. The lowest BCUT2D eigenvalue weighted by Gasteiger charge is -2.35. The van der Waals surface area contributed by atoms with E-state index >= 15 is 0 Å². The minimum absolute atomic E-state index is 0.0895. The normalized spacial score (nSPS) is 17.9. The molecule has 2 aromatic rings. The number of nitrogens with zero attached hydrogens (tertiary/aromatic N) is 4. The summed E-state index contributed by atoms with van der Waals surface area (Å²) >= 11 is 0. The fourth-order valence-electron chi connectivity index (χ4n) is 3.57. The van der Waals surface area contributed by atoms with Crippen molar-refractivity contribution in [2.75, 3.05) is 33.0 Å². The lowest BCUT2D eigenvalue weighted by molar-refractivity contribution is -0.385. The second-order valence-corrected chi connectivity index (χ2v) is 6.83. The van der Waals surface area contributed by atoms with Gasteiger partial charge in [0.05, 0.1) is 17.2 Å². The van der Waals surface area contributed by atoms with Gasteiger partial charge in [-0.3, -0.25) is 24.9 Å². The Morgan fingerprint density at radius 3 is 2.59 bits per heavy atom. The van der Waals surface area contributed by atoms with E-state index in [1.807, 2.05) is 24.4 Å². The molecule has 0 atom stereocenters. The molecule has 2 aliphatic rings. The number of fused-ring (bicyclic) bond motifs is 1. The fourth-order valence-corrected chi connectivity index (χ4v) is 3.57. The number of non-ortho nitro benzene ring substituents is 1. The van der Waals surface area contributed by atoms with E-state index in [1.165, 1.54) is 0 Å². The third-order valence-corrected chi connectivity index (χ3v) is 4.95. The molecule has 0 unspecified atom stereocenters. The van der Waals surface area contributed by atoms with Crippen molar-refractivity contribution in [2.24, 2.45) is 0 Å². The first-order valence-electron chi connectivity index (χ1n) is 9.04. The van der Waals surface area contributed by atoms with Crippen molar-refractivity contribution >= 4 is 5.69 Å². The van der Waals surface area contributed by atoms with Crippen LogP contribution >= 0.6 is 0 Å². The Morgan fingerprint density at radius 1 is 1.11 bits per heavy atom. The average Bonchev–Trinajstić information content (AvgIpc) is 2.70. The number of nitro groups is 1. The van der Waals surface area contributed by atoms with Crippen LogP contribution < -0.4 is 4.74 Å². The Balaban J connectivity index is 1.41. The number of ether oxygens (including phenoxy) is 2. The Bertz CT molecular complexity index is 807. The third kappa shape index (κ3) is 4.24. The number of nitro benzene ring substituents is 1. The van der Waals surface area contributed by atoms with E-state index in [-0.39, 0.29) is 17.4 Å². The number of hydrogen-bond acceptors (Lipinski definition) is 7. The van der Waals surface area contributed by atoms with Crippen LogP contribution in [0.2, 0.25) is 0 Å². The summed E-state index contributed by atoms with van der Waals surface area (Å²) < 4.78 is 10.9. The van der Waals surface area contributed by atoms with Crippen LogP contribution in [0.1, 0.15) is 16.8 Å². The van der Waals surface area contributed by atoms with E-state index in [1.54, 1.807) is 12.1 Å². The van der Waals surface area contributed by atoms with Crippen molar-refractivity contribution < 1.29 is 14.4 Å². The lowest BCUT2D eigenvalue weighted by Crippen LogP contribution is -2.45. The van der Waals surface area contributed by atoms with E-state index in [2.05, 4.69) is 14.8 Å². The van der Waals surface area contributed by atoms with Gasteiger partial charge in [-0.05, 0) is 12.1 Å². The zero-order valence-corrected chi connectivity index (χ0v) is 15.0. The monoisotopic (exact) mass is 370 g/mol. The number of benzene rings is 1. The smallest absolute Gasteiger partial charge is 0.270 e. The van der Waals surface area contributed by atoms with E-state index in [0.29, 0.717) is 13.2 Å². The summed E-state index contributed by atoms with van der Waals surface area (Å²) in [6, 6.07) is 9.15. The molecule has 142 valence electrons. The first-order valence-corrected chi connectivity index (χ1v) is 9.04. The molecule has 1 aromatic heterocycles. The van der Waals surface area contributed by atoms with Crippen LogP contribution in [0.3, 0.4) is 0 Å². The molecular formula is C19H22N4O4. The van der Waals surface area contributed by atoms with Gasteiger partial charge in [-0.25, -0.2) is 0 Å². The molecule has 1 fully saturated rings. The molecule has 1 saturated heterocycles. The van der Waals surface area contributed by atoms with Crippen molar-refractivity contribution in [2.45, 2.75) is 19.7 Å². The highest BCUT2D eigenvalue weighted by Crippen LogP contribution is 2.33. The summed E-state index contributed by atoms with van der Waals surface area (Å²) in [5.74, 6) is 0.739. The quantitative estimate of drug-likeness (QED) is 0.589. The molecular weight excluding hydrogens is 348 g/mol. The zero-order chi connectivity index (χ0) is 18.6. The van der Waals surface area contributed by atoms with Crippen molar-refractivity contribution in [1.29, 1.82) is 0 Å². The van der Waals surface area contributed by atoms with Crippen molar-refractivity contribution in [3.63, 3.8) is 0 Å². The number of aromatic nitrogens is 1. The Hall–Kier alpha value is -2.55. The Morgan fingerprint density at radius 2 is 1.89 bits per heavy atom. The van der Waals surface area contributed by atoms with Gasteiger partial charge >= 0.3 is 0 Å². The van der Waals surface area contributed by atoms with Crippen LogP contribution in [-0.2, 0) is 24.4 Å². The SMILES string of the molecule is O=[N+]([O-])c1cc2c(c(CN3CCN(Cc4ccccn4)CC3)c1)OCOC2. The molecule has 4 rings (SSSR count). The number of pyridine rings is 1. The maximum atomic E-state index is 11.2. The largest absolute Gasteiger partial charge is 0.467 e. The van der Waals surface area contributed by atoms with Gasteiger partial charge in [-0.2, -0.15) is 0 Å². The number of piperazine rings is 1. The van der Waals surface area contributed by atoms with Crippen LogP contribution in [0.5, 0.6) is 5.75 Å². The molecule has 0 N–H and O–H groups in total. The maximum absolute atomic E-state index is 11.2. The highest BCUT2D eigenvalue weighted by molar-refractivity contribution is 5.50. The minimum atomic E-state index is -0.358. The van der Waals surface area contributed by atoms with Gasteiger partial charge in [0.2, 0.25) is 0 Å². The van der Waals surface area contributed by atoms with E-state index in [9.17, 15) is 10.1 Å². The van der Waals surface area contributed by atoms with E-state index in [0.717, 1.165) is 55.3 Å². The van der Waals surface area contributed by atoms with Crippen LogP contribution in [0.15, 0.2) is 36.5 Å². The van der Waals surface area contributed by atoms with E-state index in [4.69, 9.17) is 9.47 Å². The highest BCUT2D eigenvalue weighted by atomic mass is 16.7. The van der Waals surface area contributed by atoms with Crippen LogP contribution in [0, 0.1) is 10.1 Å². The summed E-state index contributed by atoms with van der Waals surface area (Å²) in [4.78, 5) is 20.0. The standard InChI is InChI=1S/C19H22N4O4/c24-23(25)18-9-15(19-16(10-18)13-26-14-27-19)11-21-5-7-22(8-6-21)12-17-3-1-2-4-20-17/h1-4,9-10H,5-8,11-14H2. The van der Waals surface area contributed by atoms with Crippen molar-refractivity contribution in [3.8, 4) is 5.75 Å². The molecule has 0 aliphatic carbocycles. The first-order chi connectivity index (χ1) is 13.2. The highest BCUT2D eigenvalue weighted by Gasteiger charge is 2.24. The second-order valence-electron chi connectivity index (χ2n) is 6.83. The molecule has 8 nitrogen and oxygen atoms in total. The summed E-state index contributed by atoms with van der Waals surface area (Å²) in [5.41, 5.74) is 2.78. The molecule has 3 heterocycles. The van der Waals surface area contributed by atoms with Crippen molar-refractivity contribution in [1.82, 2.24) is 14.8 Å². The number of hydrogen-bond donors (Lipinski definition) is 0.